The Bertz CT molecular complexity index is 857. The van der Waals surface area contributed by atoms with Gasteiger partial charge in [0.15, 0.2) is 16.6 Å². The Morgan fingerprint density at radius 1 is 0.844 bits per heavy atom. The van der Waals surface area contributed by atoms with E-state index in [2.05, 4.69) is 61.3 Å². The maximum atomic E-state index is 5.84. The normalized spacial score (nSPS) is 10.8. The van der Waals surface area contributed by atoms with Crippen LogP contribution in [0.15, 0.2) is 30.3 Å². The van der Waals surface area contributed by atoms with Gasteiger partial charge in [0.05, 0.1) is 21.3 Å². The van der Waals surface area contributed by atoms with E-state index in [1.54, 1.807) is 21.3 Å². The Morgan fingerprint density at radius 2 is 1.41 bits per heavy atom. The van der Waals surface area contributed by atoms with Crippen molar-refractivity contribution in [1.82, 2.24) is 9.80 Å². The molecule has 0 saturated heterocycles. The lowest BCUT2D eigenvalue weighted by Gasteiger charge is -2.27. The molecule has 0 aromatic heterocycles. The van der Waals surface area contributed by atoms with Crippen LogP contribution in [0.5, 0.6) is 17.2 Å². The molecule has 2 aromatic rings. The monoisotopic (exact) mass is 459 g/mol. The molecule has 2 aromatic carbocycles. The van der Waals surface area contributed by atoms with E-state index in [1.165, 1.54) is 16.7 Å². The smallest absolute Gasteiger partial charge is 0.203 e. The van der Waals surface area contributed by atoms with Gasteiger partial charge in [0.2, 0.25) is 5.75 Å². The Hall–Kier alpha value is -2.51. The number of ether oxygens (including phenoxy) is 3. The Labute approximate surface area is 198 Å². The van der Waals surface area contributed by atoms with Crippen LogP contribution in [-0.2, 0) is 6.54 Å². The highest BCUT2D eigenvalue weighted by molar-refractivity contribution is 7.80. The van der Waals surface area contributed by atoms with Crippen LogP contribution < -0.4 is 19.5 Å². The number of hydrogen-bond donors (Lipinski definition) is 1. The Balaban J connectivity index is 2.22. The zero-order valence-electron chi connectivity index (χ0n) is 20.4. The van der Waals surface area contributed by atoms with E-state index in [1.807, 2.05) is 12.1 Å². The summed E-state index contributed by atoms with van der Waals surface area (Å²) in [6, 6.07) is 10.4. The first kappa shape index (κ1) is 25.7. The van der Waals surface area contributed by atoms with Crippen LogP contribution in [0.2, 0.25) is 0 Å². The minimum atomic E-state index is 0.558. The molecule has 176 valence electrons. The maximum Gasteiger partial charge on any atom is 0.203 e. The van der Waals surface area contributed by atoms with Gasteiger partial charge in [0.1, 0.15) is 0 Å². The fraction of sp³-hybridized carbons (Fsp3) is 0.480. The molecule has 0 bridgehead atoms. The second kappa shape index (κ2) is 12.5. The molecule has 0 radical (unpaired) electrons. The fourth-order valence-corrected chi connectivity index (χ4v) is 3.99. The number of thiocarbonyl (C=S) groups is 1. The minimum Gasteiger partial charge on any atom is -0.493 e. The van der Waals surface area contributed by atoms with Gasteiger partial charge in [0.25, 0.3) is 0 Å². The first-order valence-electron chi connectivity index (χ1n) is 10.8. The second-order valence-electron chi connectivity index (χ2n) is 8.27. The van der Waals surface area contributed by atoms with Crippen LogP contribution >= 0.6 is 12.2 Å². The van der Waals surface area contributed by atoms with Gasteiger partial charge in [-0.25, -0.2) is 0 Å². The predicted molar refractivity (Wildman–Crippen MR) is 136 cm³/mol. The van der Waals surface area contributed by atoms with Crippen LogP contribution in [-0.4, -0.2) is 63.4 Å². The summed E-state index contributed by atoms with van der Waals surface area (Å²) in [5.41, 5.74) is 4.57. The average molecular weight is 460 g/mol. The molecule has 0 amide bonds. The van der Waals surface area contributed by atoms with Crippen LogP contribution in [0.4, 0.5) is 5.69 Å². The zero-order chi connectivity index (χ0) is 23.7. The Morgan fingerprint density at radius 3 is 1.91 bits per heavy atom. The minimum absolute atomic E-state index is 0.558. The van der Waals surface area contributed by atoms with Gasteiger partial charge in [0, 0.05) is 30.9 Å². The molecule has 2 rings (SSSR count). The fourth-order valence-electron chi connectivity index (χ4n) is 3.72. The maximum absolute atomic E-state index is 5.84. The van der Waals surface area contributed by atoms with Crippen LogP contribution in [0.3, 0.4) is 0 Å². The summed E-state index contributed by atoms with van der Waals surface area (Å²) in [6.07, 6.45) is 2.17. The third kappa shape index (κ3) is 7.57. The van der Waals surface area contributed by atoms with Gasteiger partial charge in [-0.1, -0.05) is 29.3 Å². The van der Waals surface area contributed by atoms with Crippen molar-refractivity contribution in [1.29, 1.82) is 0 Å². The van der Waals surface area contributed by atoms with E-state index in [9.17, 15) is 0 Å². The van der Waals surface area contributed by atoms with Crippen molar-refractivity contribution in [2.24, 2.45) is 0 Å². The van der Waals surface area contributed by atoms with Gasteiger partial charge in [-0.2, -0.15) is 0 Å². The zero-order valence-corrected chi connectivity index (χ0v) is 21.3. The lowest BCUT2D eigenvalue weighted by Crippen LogP contribution is -2.35. The predicted octanol–water partition coefficient (Wildman–Crippen LogP) is 4.87. The number of methoxy groups -OCH3 is 3. The molecule has 0 atom stereocenters. The van der Waals surface area contributed by atoms with Crippen molar-refractivity contribution in [3.63, 3.8) is 0 Å². The van der Waals surface area contributed by atoms with Crippen molar-refractivity contribution >= 4 is 23.0 Å². The van der Waals surface area contributed by atoms with Gasteiger partial charge in [-0.05, 0) is 65.1 Å². The summed E-state index contributed by atoms with van der Waals surface area (Å²) in [5.74, 6) is 1.73. The van der Waals surface area contributed by atoms with Gasteiger partial charge < -0.3 is 29.3 Å². The molecule has 32 heavy (non-hydrogen) atoms. The second-order valence-corrected chi connectivity index (χ2v) is 8.66. The molecule has 0 fully saturated rings. The summed E-state index contributed by atoms with van der Waals surface area (Å²) in [6.45, 7) is 6.94. The summed E-state index contributed by atoms with van der Waals surface area (Å²) >= 11 is 5.84. The van der Waals surface area contributed by atoms with Crippen LogP contribution in [0.1, 0.15) is 29.5 Å². The molecule has 0 aliphatic carbocycles. The number of hydrogen-bond acceptors (Lipinski definition) is 5. The van der Waals surface area contributed by atoms with E-state index in [-0.39, 0.29) is 0 Å². The molecule has 0 unspecified atom stereocenters. The highest BCUT2D eigenvalue weighted by Gasteiger charge is 2.16. The van der Waals surface area contributed by atoms with E-state index in [0.29, 0.717) is 22.4 Å². The first-order chi connectivity index (χ1) is 15.3. The molecule has 0 saturated carbocycles. The molecule has 6 nitrogen and oxygen atoms in total. The number of nitrogens with one attached hydrogen (secondary N) is 1. The average Bonchev–Trinajstić information content (AvgIpc) is 2.74. The summed E-state index contributed by atoms with van der Waals surface area (Å²) < 4.78 is 16.4. The Kier molecular flexibility index (Phi) is 10.1. The highest BCUT2D eigenvalue weighted by Crippen LogP contribution is 2.40. The van der Waals surface area contributed by atoms with E-state index in [4.69, 9.17) is 26.4 Å². The van der Waals surface area contributed by atoms with Gasteiger partial charge in [-0.15, -0.1) is 0 Å². The van der Waals surface area contributed by atoms with Crippen molar-refractivity contribution in [3.05, 3.63) is 47.0 Å². The quantitative estimate of drug-likeness (QED) is 0.380. The molecule has 0 heterocycles. The van der Waals surface area contributed by atoms with Crippen molar-refractivity contribution in [2.45, 2.75) is 33.2 Å². The van der Waals surface area contributed by atoms with E-state index < -0.39 is 0 Å². The third-order valence-electron chi connectivity index (χ3n) is 5.14. The number of unbranched alkanes of at least 4 members (excludes halogenated alkanes) is 1. The van der Waals surface area contributed by atoms with Crippen molar-refractivity contribution in [2.75, 3.05) is 53.8 Å². The molecule has 0 aliphatic rings. The number of aryl methyl sites for hydroxylation is 2. The SMILES string of the molecule is COc1cc(NC(=S)N(CCCCN(C)C)Cc2cc(C)cc(C)c2)cc(OC)c1OC. The number of nitrogens with zero attached hydrogens (tertiary/aromatic N) is 2. The van der Waals surface area contributed by atoms with Gasteiger partial charge in [-0.3, -0.25) is 0 Å². The molecular formula is C25H37N3O3S. The number of rotatable bonds is 11. The molecule has 7 heteroatoms. The molecular weight excluding hydrogens is 422 g/mol. The van der Waals surface area contributed by atoms with Crippen LogP contribution in [0, 0.1) is 13.8 Å². The largest absolute Gasteiger partial charge is 0.493 e. The molecule has 0 aliphatic heterocycles. The lowest BCUT2D eigenvalue weighted by molar-refractivity contribution is 0.324. The van der Waals surface area contributed by atoms with Crippen LogP contribution in [0.25, 0.3) is 0 Å². The van der Waals surface area contributed by atoms with Crippen molar-refractivity contribution < 1.29 is 14.2 Å². The number of benzene rings is 2. The van der Waals surface area contributed by atoms with E-state index in [0.717, 1.165) is 38.2 Å². The summed E-state index contributed by atoms with van der Waals surface area (Å²) in [7, 11) is 9.01. The van der Waals surface area contributed by atoms with Crippen molar-refractivity contribution in [3.8, 4) is 17.2 Å². The lowest BCUT2D eigenvalue weighted by atomic mass is 10.1. The highest BCUT2D eigenvalue weighted by atomic mass is 32.1. The third-order valence-corrected chi connectivity index (χ3v) is 5.50. The summed E-state index contributed by atoms with van der Waals surface area (Å²) in [5, 5.41) is 4.04. The topological polar surface area (TPSA) is 46.2 Å². The van der Waals surface area contributed by atoms with Gasteiger partial charge >= 0.3 is 0 Å². The standard InChI is InChI=1S/C25H37N3O3S/c1-18-12-19(2)14-20(13-18)17-28(11-9-8-10-27(3)4)25(32)26-21-15-22(29-5)24(31-7)23(16-21)30-6/h12-16H,8-11,17H2,1-7H3,(H,26,32). The summed E-state index contributed by atoms with van der Waals surface area (Å²) in [4.78, 5) is 4.43. The molecule has 1 N–H and O–H groups in total. The first-order valence-corrected chi connectivity index (χ1v) is 11.3. The van der Waals surface area contributed by atoms with E-state index >= 15 is 0 Å². The molecule has 0 spiro atoms. The number of anilines is 1.